The fourth-order valence-electron chi connectivity index (χ4n) is 3.28. The average molecular weight is 432 g/mol. The van der Waals surface area contributed by atoms with Crippen LogP contribution >= 0.6 is 11.8 Å². The molecule has 1 aromatic heterocycles. The normalized spacial score (nSPS) is 10.7. The molecule has 0 saturated heterocycles. The summed E-state index contributed by atoms with van der Waals surface area (Å²) in [7, 11) is 1.31. The molecule has 1 amide bonds. The number of thioether (sulfide) groups is 1. The largest absolute Gasteiger partial charge is 0.465 e. The van der Waals surface area contributed by atoms with Gasteiger partial charge in [0.25, 0.3) is 0 Å². The van der Waals surface area contributed by atoms with E-state index in [1.165, 1.54) is 18.9 Å². The van der Waals surface area contributed by atoms with Crippen molar-refractivity contribution in [2.24, 2.45) is 0 Å². The van der Waals surface area contributed by atoms with Gasteiger partial charge in [-0.2, -0.15) is 0 Å². The van der Waals surface area contributed by atoms with E-state index < -0.39 is 5.97 Å². The van der Waals surface area contributed by atoms with Crippen molar-refractivity contribution in [1.82, 2.24) is 9.55 Å². The Morgan fingerprint density at radius 3 is 2.48 bits per heavy atom. The minimum Gasteiger partial charge on any atom is -0.465 e. The number of carbonyl (C=O) groups is 2. The predicted octanol–water partition coefficient (Wildman–Crippen LogP) is 4.60. The average Bonchev–Trinajstić information content (AvgIpc) is 3.15. The first-order chi connectivity index (χ1) is 15.2. The lowest BCUT2D eigenvalue weighted by atomic mass is 10.2. The van der Waals surface area contributed by atoms with Crippen LogP contribution in [-0.2, 0) is 16.1 Å². The Bertz CT molecular complexity index is 1220. The Labute approximate surface area is 184 Å². The molecular formula is C24H21N3O3S. The fraction of sp³-hybridized carbons (Fsp3) is 0.125. The monoisotopic (exact) mass is 431 g/mol. The van der Waals surface area contributed by atoms with Crippen molar-refractivity contribution < 1.29 is 14.3 Å². The van der Waals surface area contributed by atoms with E-state index in [4.69, 9.17) is 9.72 Å². The summed E-state index contributed by atoms with van der Waals surface area (Å²) >= 11 is 1.36. The van der Waals surface area contributed by atoms with Gasteiger partial charge in [-0.05, 0) is 29.8 Å². The Balaban J connectivity index is 1.52. The highest BCUT2D eigenvalue weighted by Crippen LogP contribution is 2.26. The van der Waals surface area contributed by atoms with E-state index in [1.807, 2.05) is 42.5 Å². The number of benzene rings is 3. The number of aromatic nitrogens is 2. The molecule has 31 heavy (non-hydrogen) atoms. The second-order valence-electron chi connectivity index (χ2n) is 6.83. The lowest BCUT2D eigenvalue weighted by Crippen LogP contribution is -2.17. The van der Waals surface area contributed by atoms with Crippen LogP contribution in [0.15, 0.2) is 84.0 Å². The molecule has 0 atom stereocenters. The van der Waals surface area contributed by atoms with E-state index >= 15 is 0 Å². The highest BCUT2D eigenvalue weighted by molar-refractivity contribution is 7.99. The van der Waals surface area contributed by atoms with Crippen LogP contribution in [0.1, 0.15) is 15.9 Å². The summed E-state index contributed by atoms with van der Waals surface area (Å²) in [6.07, 6.45) is 0. The number of imidazole rings is 1. The number of amides is 1. The summed E-state index contributed by atoms with van der Waals surface area (Å²) in [6.45, 7) is 0.663. The topological polar surface area (TPSA) is 73.2 Å². The zero-order valence-electron chi connectivity index (χ0n) is 16.9. The number of ether oxygens (including phenoxy) is 1. The van der Waals surface area contributed by atoms with Gasteiger partial charge in [0.05, 0.1) is 41.7 Å². The van der Waals surface area contributed by atoms with Gasteiger partial charge in [-0.3, -0.25) is 4.79 Å². The molecule has 4 rings (SSSR count). The third-order valence-electron chi connectivity index (χ3n) is 4.74. The van der Waals surface area contributed by atoms with E-state index in [2.05, 4.69) is 22.0 Å². The van der Waals surface area contributed by atoms with Crippen LogP contribution in [0.25, 0.3) is 11.0 Å². The predicted molar refractivity (Wildman–Crippen MR) is 122 cm³/mol. The molecular weight excluding hydrogens is 410 g/mol. The molecule has 6 nitrogen and oxygen atoms in total. The summed E-state index contributed by atoms with van der Waals surface area (Å²) in [4.78, 5) is 29.3. The van der Waals surface area contributed by atoms with E-state index in [9.17, 15) is 9.59 Å². The lowest BCUT2D eigenvalue weighted by Gasteiger charge is -2.11. The molecule has 0 fully saturated rings. The summed E-state index contributed by atoms with van der Waals surface area (Å²) in [5, 5.41) is 3.57. The number of nitrogens with one attached hydrogen (secondary N) is 1. The van der Waals surface area contributed by atoms with E-state index in [-0.39, 0.29) is 11.7 Å². The maximum atomic E-state index is 12.6. The Morgan fingerprint density at radius 1 is 0.968 bits per heavy atom. The van der Waals surface area contributed by atoms with Gasteiger partial charge in [0.15, 0.2) is 5.16 Å². The molecule has 3 aromatic carbocycles. The van der Waals surface area contributed by atoms with Crippen LogP contribution < -0.4 is 5.32 Å². The van der Waals surface area contributed by atoms with Crippen LogP contribution in [0.3, 0.4) is 0 Å². The molecule has 0 radical (unpaired) electrons. The minimum absolute atomic E-state index is 0.160. The number of fused-ring (bicyclic) bond motifs is 1. The first-order valence-corrected chi connectivity index (χ1v) is 10.7. The number of hydrogen-bond acceptors (Lipinski definition) is 5. The smallest absolute Gasteiger partial charge is 0.339 e. The third-order valence-corrected chi connectivity index (χ3v) is 5.72. The first kappa shape index (κ1) is 20.7. The van der Waals surface area contributed by atoms with Crippen molar-refractivity contribution in [3.8, 4) is 0 Å². The highest BCUT2D eigenvalue weighted by Gasteiger charge is 2.16. The van der Waals surface area contributed by atoms with Gasteiger partial charge in [-0.25, -0.2) is 9.78 Å². The van der Waals surface area contributed by atoms with Crippen LogP contribution in [-0.4, -0.2) is 34.3 Å². The van der Waals surface area contributed by atoms with Gasteiger partial charge >= 0.3 is 5.97 Å². The molecule has 0 aliphatic carbocycles. The summed E-state index contributed by atoms with van der Waals surface area (Å²) in [5.41, 5.74) is 3.81. The van der Waals surface area contributed by atoms with Crippen molar-refractivity contribution in [1.29, 1.82) is 0 Å². The lowest BCUT2D eigenvalue weighted by molar-refractivity contribution is -0.113. The van der Waals surface area contributed by atoms with Gasteiger partial charge < -0.3 is 14.6 Å². The van der Waals surface area contributed by atoms with Gasteiger partial charge in [-0.1, -0.05) is 66.4 Å². The van der Waals surface area contributed by atoms with Gasteiger partial charge in [0.2, 0.25) is 5.91 Å². The molecule has 0 aliphatic heterocycles. The van der Waals surface area contributed by atoms with Crippen molar-refractivity contribution in [2.75, 3.05) is 18.2 Å². The second-order valence-corrected chi connectivity index (χ2v) is 7.77. The van der Waals surface area contributed by atoms with Crippen molar-refractivity contribution >= 4 is 40.4 Å². The Kier molecular flexibility index (Phi) is 6.33. The van der Waals surface area contributed by atoms with Crippen molar-refractivity contribution in [3.63, 3.8) is 0 Å². The molecule has 0 aliphatic rings. The molecule has 0 saturated carbocycles. The summed E-state index contributed by atoms with van der Waals surface area (Å²) < 4.78 is 6.90. The van der Waals surface area contributed by atoms with E-state index in [1.54, 1.807) is 24.3 Å². The number of hydrogen-bond donors (Lipinski definition) is 1. The quantitative estimate of drug-likeness (QED) is 0.342. The van der Waals surface area contributed by atoms with Crippen molar-refractivity contribution in [3.05, 3.63) is 90.0 Å². The van der Waals surface area contributed by atoms with Crippen LogP contribution in [0.2, 0.25) is 0 Å². The van der Waals surface area contributed by atoms with Gasteiger partial charge in [0.1, 0.15) is 0 Å². The highest BCUT2D eigenvalue weighted by atomic mass is 32.2. The van der Waals surface area contributed by atoms with Gasteiger partial charge in [0, 0.05) is 0 Å². The number of anilines is 1. The number of para-hydroxylation sites is 3. The van der Waals surface area contributed by atoms with E-state index in [0.717, 1.165) is 21.8 Å². The zero-order chi connectivity index (χ0) is 21.6. The van der Waals surface area contributed by atoms with Crippen LogP contribution in [0.4, 0.5) is 5.69 Å². The SMILES string of the molecule is COC(=O)c1ccccc1NC(=O)CSc1nc2ccccc2n1Cc1ccccc1. The second kappa shape index (κ2) is 9.49. The molecule has 1 N–H and O–H groups in total. The molecule has 0 spiro atoms. The number of esters is 1. The maximum absolute atomic E-state index is 12.6. The van der Waals surface area contributed by atoms with Gasteiger partial charge in [-0.15, -0.1) is 0 Å². The molecule has 1 heterocycles. The maximum Gasteiger partial charge on any atom is 0.339 e. The standard InChI is InChI=1S/C24H21N3O3S/c1-30-23(29)18-11-5-6-12-19(18)25-22(28)16-31-24-26-20-13-7-8-14-21(20)27(24)15-17-9-3-2-4-10-17/h2-14H,15-16H2,1H3,(H,25,28). The first-order valence-electron chi connectivity index (χ1n) is 9.75. The fourth-order valence-corrected chi connectivity index (χ4v) is 4.09. The molecule has 156 valence electrons. The summed E-state index contributed by atoms with van der Waals surface area (Å²) in [5.74, 6) is -0.555. The number of rotatable bonds is 7. The molecule has 0 unspecified atom stereocenters. The molecule has 4 aromatic rings. The van der Waals surface area contributed by atoms with Crippen LogP contribution in [0.5, 0.6) is 0 Å². The van der Waals surface area contributed by atoms with Crippen LogP contribution in [0, 0.1) is 0 Å². The number of methoxy groups -OCH3 is 1. The van der Waals surface area contributed by atoms with E-state index in [0.29, 0.717) is 17.8 Å². The zero-order valence-corrected chi connectivity index (χ0v) is 17.8. The summed E-state index contributed by atoms with van der Waals surface area (Å²) in [6, 6.07) is 24.9. The number of nitrogens with zero attached hydrogens (tertiary/aromatic N) is 2. The number of carbonyl (C=O) groups excluding carboxylic acids is 2. The minimum atomic E-state index is -0.492. The molecule has 0 bridgehead atoms. The Hall–Kier alpha value is -3.58. The third kappa shape index (κ3) is 4.78. The Morgan fingerprint density at radius 2 is 1.68 bits per heavy atom. The molecule has 7 heteroatoms. The van der Waals surface area contributed by atoms with Crippen molar-refractivity contribution in [2.45, 2.75) is 11.7 Å².